The SMILES string of the molecule is CC(=O)NC(C)C(=O)NCCc1ccc(F)cc1. The van der Waals surface area contributed by atoms with Gasteiger partial charge in [-0.1, -0.05) is 12.1 Å². The largest absolute Gasteiger partial charge is 0.354 e. The van der Waals surface area contributed by atoms with Gasteiger partial charge in [0.1, 0.15) is 11.9 Å². The van der Waals surface area contributed by atoms with Gasteiger partial charge in [-0.25, -0.2) is 4.39 Å². The van der Waals surface area contributed by atoms with Crippen LogP contribution in [-0.2, 0) is 16.0 Å². The van der Waals surface area contributed by atoms with Crippen LogP contribution in [0.25, 0.3) is 0 Å². The lowest BCUT2D eigenvalue weighted by molar-refractivity contribution is -0.127. The van der Waals surface area contributed by atoms with Gasteiger partial charge in [0.25, 0.3) is 0 Å². The number of carbonyl (C=O) groups excluding carboxylic acids is 2. The average molecular weight is 252 g/mol. The Morgan fingerprint density at radius 2 is 1.89 bits per heavy atom. The Kier molecular flexibility index (Phi) is 5.30. The van der Waals surface area contributed by atoms with E-state index in [-0.39, 0.29) is 17.6 Å². The summed E-state index contributed by atoms with van der Waals surface area (Å²) >= 11 is 0. The number of nitrogens with one attached hydrogen (secondary N) is 2. The predicted octanol–water partition coefficient (Wildman–Crippen LogP) is 1.01. The summed E-state index contributed by atoms with van der Waals surface area (Å²) < 4.78 is 12.7. The summed E-state index contributed by atoms with van der Waals surface area (Å²) in [6.07, 6.45) is 0.624. The Morgan fingerprint density at radius 3 is 2.44 bits per heavy atom. The molecule has 0 aliphatic rings. The Hall–Kier alpha value is -1.91. The predicted molar refractivity (Wildman–Crippen MR) is 66.4 cm³/mol. The van der Waals surface area contributed by atoms with E-state index in [2.05, 4.69) is 10.6 Å². The summed E-state index contributed by atoms with van der Waals surface area (Å²) in [7, 11) is 0. The molecule has 2 amide bonds. The minimum atomic E-state index is -0.546. The molecule has 1 aromatic rings. The van der Waals surface area contributed by atoms with Crippen molar-refractivity contribution in [1.29, 1.82) is 0 Å². The van der Waals surface area contributed by atoms with Crippen molar-refractivity contribution in [3.63, 3.8) is 0 Å². The zero-order valence-electron chi connectivity index (χ0n) is 10.5. The molecule has 1 atom stereocenters. The quantitative estimate of drug-likeness (QED) is 0.821. The minimum Gasteiger partial charge on any atom is -0.354 e. The molecule has 0 radical (unpaired) electrons. The molecule has 0 spiro atoms. The molecule has 1 aromatic carbocycles. The van der Waals surface area contributed by atoms with Crippen LogP contribution in [0.1, 0.15) is 19.4 Å². The maximum absolute atomic E-state index is 12.7. The van der Waals surface area contributed by atoms with Gasteiger partial charge in [-0.15, -0.1) is 0 Å². The molecule has 1 unspecified atom stereocenters. The van der Waals surface area contributed by atoms with E-state index in [1.165, 1.54) is 19.1 Å². The van der Waals surface area contributed by atoms with Crippen molar-refractivity contribution >= 4 is 11.8 Å². The molecule has 0 saturated carbocycles. The second-order valence-electron chi connectivity index (χ2n) is 4.09. The van der Waals surface area contributed by atoms with Crippen LogP contribution in [-0.4, -0.2) is 24.4 Å². The van der Waals surface area contributed by atoms with Crippen molar-refractivity contribution < 1.29 is 14.0 Å². The van der Waals surface area contributed by atoms with Crippen molar-refractivity contribution in [1.82, 2.24) is 10.6 Å². The van der Waals surface area contributed by atoms with Gasteiger partial charge in [-0.2, -0.15) is 0 Å². The second kappa shape index (κ2) is 6.74. The smallest absolute Gasteiger partial charge is 0.242 e. The van der Waals surface area contributed by atoms with Crippen LogP contribution in [0.5, 0.6) is 0 Å². The third-order valence-corrected chi connectivity index (χ3v) is 2.44. The third kappa shape index (κ3) is 4.95. The monoisotopic (exact) mass is 252 g/mol. The number of halogens is 1. The van der Waals surface area contributed by atoms with Crippen LogP contribution in [0.3, 0.4) is 0 Å². The Labute approximate surface area is 106 Å². The third-order valence-electron chi connectivity index (χ3n) is 2.44. The summed E-state index contributed by atoms with van der Waals surface area (Å²) in [5.74, 6) is -0.745. The fraction of sp³-hybridized carbons (Fsp3) is 0.385. The zero-order valence-corrected chi connectivity index (χ0v) is 10.5. The lowest BCUT2D eigenvalue weighted by atomic mass is 10.1. The first-order valence-electron chi connectivity index (χ1n) is 5.78. The highest BCUT2D eigenvalue weighted by Gasteiger charge is 2.12. The lowest BCUT2D eigenvalue weighted by Crippen LogP contribution is -2.44. The summed E-state index contributed by atoms with van der Waals surface area (Å²) in [5, 5.41) is 5.20. The summed E-state index contributed by atoms with van der Waals surface area (Å²) in [6, 6.07) is 5.58. The van der Waals surface area contributed by atoms with E-state index in [0.29, 0.717) is 13.0 Å². The maximum atomic E-state index is 12.7. The van der Waals surface area contributed by atoms with E-state index < -0.39 is 6.04 Å². The van der Waals surface area contributed by atoms with Gasteiger partial charge in [0.2, 0.25) is 11.8 Å². The van der Waals surface area contributed by atoms with Crippen LogP contribution in [0.2, 0.25) is 0 Å². The van der Waals surface area contributed by atoms with E-state index in [0.717, 1.165) is 5.56 Å². The molecule has 0 aliphatic heterocycles. The summed E-state index contributed by atoms with van der Waals surface area (Å²) in [6.45, 7) is 3.44. The van der Waals surface area contributed by atoms with Gasteiger partial charge in [-0.05, 0) is 31.0 Å². The van der Waals surface area contributed by atoms with E-state index in [1.807, 2.05) is 0 Å². The number of hydrogen-bond acceptors (Lipinski definition) is 2. The molecular formula is C13H17FN2O2. The molecule has 2 N–H and O–H groups in total. The average Bonchev–Trinajstić information content (AvgIpc) is 2.30. The number of hydrogen-bond donors (Lipinski definition) is 2. The highest BCUT2D eigenvalue weighted by Crippen LogP contribution is 2.02. The molecule has 0 fully saturated rings. The van der Waals surface area contributed by atoms with Gasteiger partial charge >= 0.3 is 0 Å². The van der Waals surface area contributed by atoms with Crippen molar-refractivity contribution in [2.45, 2.75) is 26.3 Å². The van der Waals surface area contributed by atoms with Gasteiger partial charge in [0, 0.05) is 13.5 Å². The molecule has 0 aliphatic carbocycles. The maximum Gasteiger partial charge on any atom is 0.242 e. The van der Waals surface area contributed by atoms with Crippen LogP contribution in [0.15, 0.2) is 24.3 Å². The summed E-state index contributed by atoms with van der Waals surface area (Å²) in [5.41, 5.74) is 0.948. The van der Waals surface area contributed by atoms with E-state index >= 15 is 0 Å². The topological polar surface area (TPSA) is 58.2 Å². The first kappa shape index (κ1) is 14.2. The molecular weight excluding hydrogens is 235 g/mol. The molecule has 0 aromatic heterocycles. The van der Waals surface area contributed by atoms with E-state index in [4.69, 9.17) is 0 Å². The number of rotatable bonds is 5. The van der Waals surface area contributed by atoms with Gasteiger partial charge < -0.3 is 10.6 Å². The number of carbonyl (C=O) groups is 2. The van der Waals surface area contributed by atoms with E-state index in [1.54, 1.807) is 19.1 Å². The molecule has 5 heteroatoms. The van der Waals surface area contributed by atoms with Gasteiger partial charge in [-0.3, -0.25) is 9.59 Å². The normalized spacial score (nSPS) is 11.7. The first-order chi connectivity index (χ1) is 8.49. The first-order valence-corrected chi connectivity index (χ1v) is 5.78. The minimum absolute atomic E-state index is 0.229. The van der Waals surface area contributed by atoms with Crippen molar-refractivity contribution in [3.8, 4) is 0 Å². The second-order valence-corrected chi connectivity index (χ2v) is 4.09. The van der Waals surface area contributed by atoms with Crippen LogP contribution < -0.4 is 10.6 Å². The van der Waals surface area contributed by atoms with Crippen molar-refractivity contribution in [3.05, 3.63) is 35.6 Å². The fourth-order valence-corrected chi connectivity index (χ4v) is 1.50. The molecule has 0 heterocycles. The summed E-state index contributed by atoms with van der Waals surface area (Å²) in [4.78, 5) is 22.3. The number of benzene rings is 1. The van der Waals surface area contributed by atoms with E-state index in [9.17, 15) is 14.0 Å². The highest BCUT2D eigenvalue weighted by molar-refractivity contribution is 5.86. The fourth-order valence-electron chi connectivity index (χ4n) is 1.50. The Balaban J connectivity index is 2.31. The van der Waals surface area contributed by atoms with Crippen LogP contribution in [0, 0.1) is 5.82 Å². The standard InChI is InChI=1S/C13H17FN2O2/c1-9(16-10(2)17)13(18)15-8-7-11-3-5-12(14)6-4-11/h3-6,9H,7-8H2,1-2H3,(H,15,18)(H,16,17). The molecule has 98 valence electrons. The molecule has 0 bridgehead atoms. The zero-order chi connectivity index (χ0) is 13.5. The van der Waals surface area contributed by atoms with Crippen molar-refractivity contribution in [2.24, 2.45) is 0 Å². The highest BCUT2D eigenvalue weighted by atomic mass is 19.1. The molecule has 0 saturated heterocycles. The van der Waals surface area contributed by atoms with Crippen molar-refractivity contribution in [2.75, 3.05) is 6.54 Å². The number of amides is 2. The lowest BCUT2D eigenvalue weighted by Gasteiger charge is -2.12. The molecule has 1 rings (SSSR count). The van der Waals surface area contributed by atoms with Gasteiger partial charge in [0.05, 0.1) is 0 Å². The Bertz CT molecular complexity index is 418. The molecule has 4 nitrogen and oxygen atoms in total. The molecule has 18 heavy (non-hydrogen) atoms. The van der Waals surface area contributed by atoms with Crippen LogP contribution in [0.4, 0.5) is 4.39 Å². The van der Waals surface area contributed by atoms with Gasteiger partial charge in [0.15, 0.2) is 0 Å². The Morgan fingerprint density at radius 1 is 1.28 bits per heavy atom. The van der Waals surface area contributed by atoms with Crippen LogP contribution >= 0.6 is 0 Å².